The molecule has 1 saturated carbocycles. The van der Waals surface area contributed by atoms with E-state index in [1.165, 1.54) is 70.6 Å². The topological polar surface area (TPSA) is 0 Å². The van der Waals surface area contributed by atoms with Gasteiger partial charge in [-0.25, -0.2) is 0 Å². The molecule has 96 valence electrons. The summed E-state index contributed by atoms with van der Waals surface area (Å²) >= 11 is 0. The molecule has 1 aliphatic carbocycles. The molecule has 0 radical (unpaired) electrons. The first-order valence-electron chi connectivity index (χ1n) is 7.67. The quantitative estimate of drug-likeness (QED) is 0.424. The standard InChI is InChI=1S/C16H32/c1-4-5-6-7-8-9-10-14-16(2,3)15-12-11-13-15/h15H,4-14H2,1-3H3. The van der Waals surface area contributed by atoms with Gasteiger partial charge < -0.3 is 0 Å². The van der Waals surface area contributed by atoms with E-state index in [9.17, 15) is 0 Å². The highest BCUT2D eigenvalue weighted by Crippen LogP contribution is 2.44. The maximum Gasteiger partial charge on any atom is -0.0326 e. The minimum absolute atomic E-state index is 0.641. The molecule has 16 heavy (non-hydrogen) atoms. The van der Waals surface area contributed by atoms with Gasteiger partial charge in [0.05, 0.1) is 0 Å². The summed E-state index contributed by atoms with van der Waals surface area (Å²) in [6, 6.07) is 0. The van der Waals surface area contributed by atoms with Crippen molar-refractivity contribution in [1.82, 2.24) is 0 Å². The highest BCUT2D eigenvalue weighted by atomic mass is 14.4. The highest BCUT2D eigenvalue weighted by molar-refractivity contribution is 4.84. The predicted molar refractivity (Wildman–Crippen MR) is 73.7 cm³/mol. The van der Waals surface area contributed by atoms with Gasteiger partial charge in [-0.3, -0.25) is 0 Å². The molecule has 0 nitrogen and oxygen atoms in total. The van der Waals surface area contributed by atoms with Gasteiger partial charge >= 0.3 is 0 Å². The third kappa shape index (κ3) is 4.89. The van der Waals surface area contributed by atoms with Crippen molar-refractivity contribution >= 4 is 0 Å². The molecule has 0 bridgehead atoms. The number of rotatable bonds is 9. The van der Waals surface area contributed by atoms with Gasteiger partial charge in [-0.2, -0.15) is 0 Å². The summed E-state index contributed by atoms with van der Waals surface area (Å²) in [4.78, 5) is 0. The van der Waals surface area contributed by atoms with Crippen LogP contribution < -0.4 is 0 Å². The van der Waals surface area contributed by atoms with Crippen LogP contribution in [0.1, 0.15) is 91.4 Å². The van der Waals surface area contributed by atoms with Crippen LogP contribution in [0.4, 0.5) is 0 Å². The molecule has 0 saturated heterocycles. The fraction of sp³-hybridized carbons (Fsp3) is 1.00. The average molecular weight is 224 g/mol. The Morgan fingerprint density at radius 1 is 0.875 bits per heavy atom. The molecule has 1 rings (SSSR count). The largest absolute Gasteiger partial charge is 0.0654 e. The first-order chi connectivity index (χ1) is 7.67. The van der Waals surface area contributed by atoms with Crippen molar-refractivity contribution in [3.63, 3.8) is 0 Å². The van der Waals surface area contributed by atoms with Crippen molar-refractivity contribution in [2.75, 3.05) is 0 Å². The Bertz CT molecular complexity index is 165. The lowest BCUT2D eigenvalue weighted by Crippen LogP contribution is -2.29. The molecular weight excluding hydrogens is 192 g/mol. The Hall–Kier alpha value is 0. The summed E-state index contributed by atoms with van der Waals surface area (Å²) in [6.45, 7) is 7.28. The number of hydrogen-bond donors (Lipinski definition) is 0. The molecule has 0 amide bonds. The first kappa shape index (κ1) is 14.1. The summed E-state index contributed by atoms with van der Waals surface area (Å²) in [5.41, 5.74) is 0.641. The van der Waals surface area contributed by atoms with Gasteiger partial charge in [-0.1, -0.05) is 72.1 Å². The van der Waals surface area contributed by atoms with Crippen LogP contribution in [0.15, 0.2) is 0 Å². The van der Waals surface area contributed by atoms with Crippen LogP contribution in [0, 0.1) is 11.3 Å². The number of hydrogen-bond acceptors (Lipinski definition) is 0. The summed E-state index contributed by atoms with van der Waals surface area (Å²) in [5.74, 6) is 1.05. The third-order valence-electron chi connectivity index (χ3n) is 4.64. The van der Waals surface area contributed by atoms with Crippen LogP contribution in [0.3, 0.4) is 0 Å². The molecule has 0 unspecified atom stereocenters. The van der Waals surface area contributed by atoms with Crippen molar-refractivity contribution in [2.24, 2.45) is 11.3 Å². The lowest BCUT2D eigenvalue weighted by atomic mass is 9.65. The predicted octanol–water partition coefficient (Wildman–Crippen LogP) is 5.95. The maximum absolute atomic E-state index is 2.49. The SMILES string of the molecule is CCCCCCCCCC(C)(C)C1CCC1. The van der Waals surface area contributed by atoms with E-state index in [-0.39, 0.29) is 0 Å². The monoisotopic (exact) mass is 224 g/mol. The molecule has 0 aromatic carbocycles. The highest BCUT2D eigenvalue weighted by Gasteiger charge is 2.32. The van der Waals surface area contributed by atoms with Gasteiger partial charge in [0.2, 0.25) is 0 Å². The van der Waals surface area contributed by atoms with E-state index < -0.39 is 0 Å². The molecule has 0 aliphatic heterocycles. The minimum atomic E-state index is 0.641. The second-order valence-corrected chi connectivity index (χ2v) is 6.49. The van der Waals surface area contributed by atoms with E-state index in [1.54, 1.807) is 0 Å². The molecule has 0 aromatic heterocycles. The summed E-state index contributed by atoms with van der Waals surface area (Å²) < 4.78 is 0. The first-order valence-corrected chi connectivity index (χ1v) is 7.67. The summed E-state index contributed by atoms with van der Waals surface area (Å²) in [7, 11) is 0. The van der Waals surface area contributed by atoms with E-state index in [4.69, 9.17) is 0 Å². The van der Waals surface area contributed by atoms with Crippen molar-refractivity contribution in [3.05, 3.63) is 0 Å². The van der Waals surface area contributed by atoms with Crippen LogP contribution >= 0.6 is 0 Å². The van der Waals surface area contributed by atoms with Gasteiger partial charge in [-0.05, 0) is 30.6 Å². The van der Waals surface area contributed by atoms with E-state index in [2.05, 4.69) is 20.8 Å². The Labute approximate surface area is 103 Å². The molecule has 0 heterocycles. The zero-order valence-corrected chi connectivity index (χ0v) is 11.9. The van der Waals surface area contributed by atoms with Gasteiger partial charge in [0.15, 0.2) is 0 Å². The van der Waals surface area contributed by atoms with Gasteiger partial charge in [0.25, 0.3) is 0 Å². The summed E-state index contributed by atoms with van der Waals surface area (Å²) in [6.07, 6.45) is 16.1. The summed E-state index contributed by atoms with van der Waals surface area (Å²) in [5, 5.41) is 0. The van der Waals surface area contributed by atoms with E-state index in [0.29, 0.717) is 5.41 Å². The van der Waals surface area contributed by atoms with Crippen molar-refractivity contribution < 1.29 is 0 Å². The van der Waals surface area contributed by atoms with Gasteiger partial charge in [0.1, 0.15) is 0 Å². The Morgan fingerprint density at radius 2 is 1.44 bits per heavy atom. The van der Waals surface area contributed by atoms with Gasteiger partial charge in [-0.15, -0.1) is 0 Å². The second kappa shape index (κ2) is 7.35. The fourth-order valence-corrected chi connectivity index (χ4v) is 2.93. The van der Waals surface area contributed by atoms with Crippen molar-refractivity contribution in [2.45, 2.75) is 91.4 Å². The fourth-order valence-electron chi connectivity index (χ4n) is 2.93. The molecule has 1 fully saturated rings. The Kier molecular flexibility index (Phi) is 6.46. The van der Waals surface area contributed by atoms with Crippen molar-refractivity contribution in [3.8, 4) is 0 Å². The minimum Gasteiger partial charge on any atom is -0.0654 e. The van der Waals surface area contributed by atoms with Crippen LogP contribution in [-0.2, 0) is 0 Å². The molecule has 0 aromatic rings. The Morgan fingerprint density at radius 3 is 1.94 bits per heavy atom. The molecule has 0 atom stereocenters. The third-order valence-corrected chi connectivity index (χ3v) is 4.64. The van der Waals surface area contributed by atoms with Crippen LogP contribution in [-0.4, -0.2) is 0 Å². The van der Waals surface area contributed by atoms with Crippen LogP contribution in [0.5, 0.6) is 0 Å². The Balaban J connectivity index is 1.93. The normalized spacial score (nSPS) is 17.4. The van der Waals surface area contributed by atoms with Crippen molar-refractivity contribution in [1.29, 1.82) is 0 Å². The second-order valence-electron chi connectivity index (χ2n) is 6.49. The molecule has 0 N–H and O–H groups in total. The van der Waals surface area contributed by atoms with E-state index in [1.807, 2.05) is 0 Å². The lowest BCUT2D eigenvalue weighted by molar-refractivity contribution is 0.107. The maximum atomic E-state index is 2.49. The van der Waals surface area contributed by atoms with Gasteiger partial charge in [0, 0.05) is 0 Å². The lowest BCUT2D eigenvalue weighted by Gasteiger charge is -2.40. The van der Waals surface area contributed by atoms with Crippen LogP contribution in [0.25, 0.3) is 0 Å². The number of unbranched alkanes of at least 4 members (excludes halogenated alkanes) is 6. The molecule has 1 aliphatic rings. The zero-order chi connectivity index (χ0) is 11.9. The molecule has 0 spiro atoms. The molecule has 0 heteroatoms. The smallest absolute Gasteiger partial charge is 0.0326 e. The van der Waals surface area contributed by atoms with E-state index >= 15 is 0 Å². The van der Waals surface area contributed by atoms with Crippen LogP contribution in [0.2, 0.25) is 0 Å². The van der Waals surface area contributed by atoms with E-state index in [0.717, 1.165) is 5.92 Å². The average Bonchev–Trinajstić information content (AvgIpc) is 2.12. The zero-order valence-electron chi connectivity index (χ0n) is 11.9. The molecular formula is C16H32.